The van der Waals surface area contributed by atoms with Crippen LogP contribution in [0.2, 0.25) is 5.02 Å². The molecule has 0 radical (unpaired) electrons. The van der Waals surface area contributed by atoms with Crippen LogP contribution in [-0.2, 0) is 15.6 Å². The van der Waals surface area contributed by atoms with Crippen molar-refractivity contribution >= 4 is 27.6 Å². The number of methoxy groups -OCH3 is 1. The Hall–Kier alpha value is -3.47. The van der Waals surface area contributed by atoms with Crippen molar-refractivity contribution in [3.8, 4) is 28.3 Å². The van der Waals surface area contributed by atoms with E-state index >= 15 is 0 Å². The monoisotopic (exact) mass is 554 g/mol. The SMILES string of the molecule is COc1cc(-c2nn(C(C)(C)C)cc2-c2ccnc(NCCCNS(=O)(=O)c3ccccc3)n2)ccc1Cl. The molecule has 0 atom stereocenters. The molecular formula is C27H31ClN6O3S. The van der Waals surface area contributed by atoms with Crippen molar-refractivity contribution in [3.63, 3.8) is 0 Å². The third-order valence-electron chi connectivity index (χ3n) is 5.74. The van der Waals surface area contributed by atoms with E-state index in [0.717, 1.165) is 16.8 Å². The summed E-state index contributed by atoms with van der Waals surface area (Å²) in [6.45, 7) is 7.01. The summed E-state index contributed by atoms with van der Waals surface area (Å²) in [7, 11) is -1.95. The maximum absolute atomic E-state index is 12.4. The molecule has 0 aliphatic carbocycles. The van der Waals surface area contributed by atoms with Gasteiger partial charge in [0.15, 0.2) is 0 Å². The highest BCUT2D eigenvalue weighted by Gasteiger charge is 2.22. The van der Waals surface area contributed by atoms with Gasteiger partial charge in [0.1, 0.15) is 11.4 Å². The minimum atomic E-state index is -3.53. The van der Waals surface area contributed by atoms with Crippen LogP contribution >= 0.6 is 11.6 Å². The second-order valence-corrected chi connectivity index (χ2v) is 11.8. The van der Waals surface area contributed by atoms with Crippen molar-refractivity contribution in [1.29, 1.82) is 0 Å². The average molecular weight is 555 g/mol. The Morgan fingerprint density at radius 2 is 1.82 bits per heavy atom. The number of nitrogens with one attached hydrogen (secondary N) is 2. The fourth-order valence-corrected chi connectivity index (χ4v) is 4.99. The Balaban J connectivity index is 1.50. The van der Waals surface area contributed by atoms with Gasteiger partial charge in [0, 0.05) is 36.6 Å². The molecule has 0 fully saturated rings. The summed E-state index contributed by atoms with van der Waals surface area (Å²) in [4.78, 5) is 9.28. The lowest BCUT2D eigenvalue weighted by Gasteiger charge is -2.18. The molecule has 2 aromatic carbocycles. The van der Waals surface area contributed by atoms with Gasteiger partial charge in [0.2, 0.25) is 16.0 Å². The first kappa shape index (κ1) is 27.6. The summed E-state index contributed by atoms with van der Waals surface area (Å²) in [5.74, 6) is 1.00. The second kappa shape index (κ2) is 11.5. The fraction of sp³-hybridized carbons (Fsp3) is 0.296. The quantitative estimate of drug-likeness (QED) is 0.259. The van der Waals surface area contributed by atoms with Gasteiger partial charge >= 0.3 is 0 Å². The minimum absolute atomic E-state index is 0.244. The molecule has 0 saturated heterocycles. The van der Waals surface area contributed by atoms with Gasteiger partial charge in [-0.25, -0.2) is 23.1 Å². The predicted molar refractivity (Wildman–Crippen MR) is 150 cm³/mol. The molecule has 200 valence electrons. The van der Waals surface area contributed by atoms with E-state index in [-0.39, 0.29) is 17.0 Å². The Bertz CT molecular complexity index is 1500. The van der Waals surface area contributed by atoms with E-state index in [2.05, 4.69) is 35.8 Å². The summed E-state index contributed by atoms with van der Waals surface area (Å²) < 4.78 is 34.7. The number of anilines is 1. The van der Waals surface area contributed by atoms with E-state index < -0.39 is 10.0 Å². The van der Waals surface area contributed by atoms with Crippen LogP contribution in [0.3, 0.4) is 0 Å². The molecule has 0 aliphatic rings. The van der Waals surface area contributed by atoms with Crippen LogP contribution in [0.1, 0.15) is 27.2 Å². The van der Waals surface area contributed by atoms with E-state index in [1.54, 1.807) is 49.7 Å². The Morgan fingerprint density at radius 3 is 2.53 bits per heavy atom. The smallest absolute Gasteiger partial charge is 0.240 e. The molecule has 0 spiro atoms. The first-order chi connectivity index (χ1) is 18.1. The largest absolute Gasteiger partial charge is 0.495 e. The van der Waals surface area contributed by atoms with Gasteiger partial charge in [-0.3, -0.25) is 4.68 Å². The molecule has 0 bridgehead atoms. The molecule has 2 aromatic heterocycles. The lowest BCUT2D eigenvalue weighted by Crippen LogP contribution is -2.26. The summed E-state index contributed by atoms with van der Waals surface area (Å²) >= 11 is 6.25. The van der Waals surface area contributed by atoms with E-state index in [4.69, 9.17) is 26.4 Å². The first-order valence-corrected chi connectivity index (χ1v) is 14.0. The summed E-state index contributed by atoms with van der Waals surface area (Å²) in [5.41, 5.74) is 2.89. The summed E-state index contributed by atoms with van der Waals surface area (Å²) in [6.07, 6.45) is 4.21. The minimum Gasteiger partial charge on any atom is -0.495 e. The molecule has 2 N–H and O–H groups in total. The third-order valence-corrected chi connectivity index (χ3v) is 7.53. The molecular weight excluding hydrogens is 524 g/mol. The van der Waals surface area contributed by atoms with Crippen molar-refractivity contribution in [2.24, 2.45) is 0 Å². The van der Waals surface area contributed by atoms with E-state index in [9.17, 15) is 8.42 Å². The van der Waals surface area contributed by atoms with Crippen molar-refractivity contribution in [3.05, 3.63) is 72.0 Å². The van der Waals surface area contributed by atoms with Crippen molar-refractivity contribution in [1.82, 2.24) is 24.5 Å². The predicted octanol–water partition coefficient (Wildman–Crippen LogP) is 5.20. The summed E-state index contributed by atoms with van der Waals surface area (Å²) in [6, 6.07) is 15.7. The number of benzene rings is 2. The topological polar surface area (TPSA) is 111 Å². The number of ether oxygens (including phenoxy) is 1. The number of hydrogen-bond acceptors (Lipinski definition) is 7. The molecule has 2 heterocycles. The van der Waals surface area contributed by atoms with Crippen LogP contribution < -0.4 is 14.8 Å². The van der Waals surface area contributed by atoms with Crippen LogP contribution in [0.4, 0.5) is 5.95 Å². The van der Waals surface area contributed by atoms with Gasteiger partial charge in [-0.2, -0.15) is 5.10 Å². The number of hydrogen-bond donors (Lipinski definition) is 2. The van der Waals surface area contributed by atoms with Crippen LogP contribution in [-0.4, -0.2) is 48.4 Å². The lowest BCUT2D eigenvalue weighted by atomic mass is 10.1. The van der Waals surface area contributed by atoms with Crippen LogP contribution in [0.25, 0.3) is 22.5 Å². The van der Waals surface area contributed by atoms with Gasteiger partial charge < -0.3 is 10.1 Å². The molecule has 11 heteroatoms. The normalized spacial score (nSPS) is 11.9. The van der Waals surface area contributed by atoms with Crippen molar-refractivity contribution in [2.75, 3.05) is 25.5 Å². The number of rotatable bonds is 10. The van der Waals surface area contributed by atoms with Gasteiger partial charge in [0.05, 0.1) is 28.3 Å². The Kier molecular flexibility index (Phi) is 8.35. The van der Waals surface area contributed by atoms with Crippen LogP contribution in [0.15, 0.2) is 71.9 Å². The highest BCUT2D eigenvalue weighted by atomic mass is 35.5. The molecule has 0 amide bonds. The summed E-state index contributed by atoms with van der Waals surface area (Å²) in [5, 5.41) is 8.57. The first-order valence-electron chi connectivity index (χ1n) is 12.1. The standard InChI is InChI=1S/C27H31ClN6O3S/c1-27(2,3)34-18-21(25(33-34)19-11-12-22(28)24(17-19)37-4)23-13-16-30-26(32-23)29-14-8-15-31-38(35,36)20-9-6-5-7-10-20/h5-7,9-13,16-18,31H,8,14-15H2,1-4H3,(H,29,30,32). The average Bonchev–Trinajstić information content (AvgIpc) is 3.36. The van der Waals surface area contributed by atoms with E-state index in [0.29, 0.717) is 35.4 Å². The maximum atomic E-state index is 12.4. The molecule has 0 aliphatic heterocycles. The molecule has 0 saturated carbocycles. The highest BCUT2D eigenvalue weighted by molar-refractivity contribution is 7.89. The Morgan fingerprint density at radius 1 is 1.05 bits per heavy atom. The maximum Gasteiger partial charge on any atom is 0.240 e. The number of nitrogens with zero attached hydrogens (tertiary/aromatic N) is 4. The zero-order valence-electron chi connectivity index (χ0n) is 21.8. The van der Waals surface area contributed by atoms with Crippen LogP contribution in [0.5, 0.6) is 5.75 Å². The van der Waals surface area contributed by atoms with Crippen molar-refractivity contribution < 1.29 is 13.2 Å². The number of aromatic nitrogens is 4. The number of halogens is 1. The Labute approximate surface area is 228 Å². The van der Waals surface area contributed by atoms with Crippen molar-refractivity contribution in [2.45, 2.75) is 37.6 Å². The van der Waals surface area contributed by atoms with Crippen LogP contribution in [0, 0.1) is 0 Å². The molecule has 4 rings (SSSR count). The molecule has 4 aromatic rings. The third kappa shape index (κ3) is 6.50. The van der Waals surface area contributed by atoms with Gasteiger partial charge in [-0.1, -0.05) is 35.9 Å². The lowest BCUT2D eigenvalue weighted by molar-refractivity contribution is 0.356. The zero-order valence-corrected chi connectivity index (χ0v) is 23.3. The number of sulfonamides is 1. The van der Waals surface area contributed by atoms with E-state index in [1.165, 1.54) is 0 Å². The van der Waals surface area contributed by atoms with Gasteiger partial charge in [0.25, 0.3) is 0 Å². The van der Waals surface area contributed by atoms with E-state index in [1.807, 2.05) is 29.1 Å². The highest BCUT2D eigenvalue weighted by Crippen LogP contribution is 2.36. The molecule has 0 unspecified atom stereocenters. The molecule has 9 nitrogen and oxygen atoms in total. The fourth-order valence-electron chi connectivity index (χ4n) is 3.70. The molecule has 38 heavy (non-hydrogen) atoms. The van der Waals surface area contributed by atoms with Gasteiger partial charge in [-0.15, -0.1) is 0 Å². The zero-order chi connectivity index (χ0) is 27.3. The second-order valence-electron chi connectivity index (χ2n) is 9.61. The van der Waals surface area contributed by atoms with Gasteiger partial charge in [-0.05, 0) is 57.5 Å².